The molecular weight excluding hydrogens is 452 g/mol. The SMILES string of the molecule is CC(=O)OCCCn1c(NC(=O)c2cccs2)nc2cc(C(=O)N(C)C3CCCCC3)ccc21. The summed E-state index contributed by atoms with van der Waals surface area (Å²) < 4.78 is 6.95. The van der Waals surface area contributed by atoms with Gasteiger partial charge in [-0.15, -0.1) is 11.3 Å². The lowest BCUT2D eigenvalue weighted by Crippen LogP contribution is -2.38. The summed E-state index contributed by atoms with van der Waals surface area (Å²) in [5.41, 5.74) is 2.03. The summed E-state index contributed by atoms with van der Waals surface area (Å²) in [4.78, 5) is 44.0. The predicted molar refractivity (Wildman–Crippen MR) is 132 cm³/mol. The van der Waals surface area contributed by atoms with E-state index in [0.29, 0.717) is 34.9 Å². The first-order valence-electron chi connectivity index (χ1n) is 11.7. The monoisotopic (exact) mass is 482 g/mol. The Bertz CT molecular complexity index is 1170. The van der Waals surface area contributed by atoms with E-state index >= 15 is 0 Å². The van der Waals surface area contributed by atoms with Crippen molar-refractivity contribution >= 4 is 46.1 Å². The van der Waals surface area contributed by atoms with Gasteiger partial charge in [0.1, 0.15) is 0 Å². The number of nitrogens with one attached hydrogen (secondary N) is 1. The van der Waals surface area contributed by atoms with E-state index in [1.807, 2.05) is 40.1 Å². The molecule has 1 saturated carbocycles. The second-order valence-corrected chi connectivity index (χ2v) is 9.57. The van der Waals surface area contributed by atoms with Gasteiger partial charge < -0.3 is 14.2 Å². The van der Waals surface area contributed by atoms with Gasteiger partial charge in [0.05, 0.1) is 22.5 Å². The summed E-state index contributed by atoms with van der Waals surface area (Å²) in [6.07, 6.45) is 6.21. The molecule has 2 heterocycles. The number of fused-ring (bicyclic) bond motifs is 1. The van der Waals surface area contributed by atoms with Crippen LogP contribution in [0.3, 0.4) is 0 Å². The zero-order valence-corrected chi connectivity index (χ0v) is 20.4. The Kier molecular flexibility index (Phi) is 7.62. The van der Waals surface area contributed by atoms with E-state index in [1.165, 1.54) is 24.7 Å². The van der Waals surface area contributed by atoms with Crippen molar-refractivity contribution in [3.05, 3.63) is 46.2 Å². The molecule has 3 aromatic rings. The first-order valence-corrected chi connectivity index (χ1v) is 12.6. The number of carbonyl (C=O) groups is 3. The van der Waals surface area contributed by atoms with Gasteiger partial charge in [-0.05, 0) is 48.9 Å². The summed E-state index contributed by atoms with van der Waals surface area (Å²) in [5, 5.41) is 4.74. The molecule has 0 spiro atoms. The third-order valence-corrected chi connectivity index (χ3v) is 7.11. The molecule has 0 unspecified atom stereocenters. The Labute approximate surface area is 202 Å². The highest BCUT2D eigenvalue weighted by Crippen LogP contribution is 2.26. The van der Waals surface area contributed by atoms with Gasteiger partial charge >= 0.3 is 5.97 Å². The van der Waals surface area contributed by atoms with Gasteiger partial charge in [-0.2, -0.15) is 0 Å². The van der Waals surface area contributed by atoms with Crippen molar-refractivity contribution in [1.82, 2.24) is 14.5 Å². The number of aromatic nitrogens is 2. The lowest BCUT2D eigenvalue weighted by atomic mass is 9.94. The van der Waals surface area contributed by atoms with Crippen molar-refractivity contribution in [3.63, 3.8) is 0 Å². The fraction of sp³-hybridized carbons (Fsp3) is 0.440. The molecule has 180 valence electrons. The van der Waals surface area contributed by atoms with Gasteiger partial charge in [-0.3, -0.25) is 19.7 Å². The minimum absolute atomic E-state index is 0.0117. The Morgan fingerprint density at radius 1 is 1.21 bits per heavy atom. The highest BCUT2D eigenvalue weighted by Gasteiger charge is 2.24. The number of esters is 1. The van der Waals surface area contributed by atoms with E-state index in [0.717, 1.165) is 31.2 Å². The summed E-state index contributed by atoms with van der Waals surface area (Å²) >= 11 is 1.35. The zero-order chi connectivity index (χ0) is 24.1. The molecule has 2 amide bonds. The highest BCUT2D eigenvalue weighted by atomic mass is 32.1. The number of anilines is 1. The number of hydrogen-bond acceptors (Lipinski definition) is 6. The third kappa shape index (κ3) is 5.47. The summed E-state index contributed by atoms with van der Waals surface area (Å²) in [6.45, 7) is 2.15. The fourth-order valence-electron chi connectivity index (χ4n) is 4.43. The normalized spacial score (nSPS) is 14.2. The highest BCUT2D eigenvalue weighted by molar-refractivity contribution is 7.12. The number of rotatable bonds is 8. The lowest BCUT2D eigenvalue weighted by Gasteiger charge is -2.31. The van der Waals surface area contributed by atoms with E-state index in [2.05, 4.69) is 10.3 Å². The number of hydrogen-bond donors (Lipinski definition) is 1. The molecule has 1 N–H and O–H groups in total. The van der Waals surface area contributed by atoms with Crippen molar-refractivity contribution in [1.29, 1.82) is 0 Å². The van der Waals surface area contributed by atoms with Crippen molar-refractivity contribution in [2.75, 3.05) is 19.0 Å². The molecule has 1 aliphatic rings. The van der Waals surface area contributed by atoms with E-state index in [9.17, 15) is 14.4 Å². The van der Waals surface area contributed by atoms with Crippen molar-refractivity contribution in [3.8, 4) is 0 Å². The second-order valence-electron chi connectivity index (χ2n) is 8.62. The molecule has 1 fully saturated rings. The van der Waals surface area contributed by atoms with E-state index < -0.39 is 0 Å². The Morgan fingerprint density at radius 3 is 2.71 bits per heavy atom. The third-order valence-electron chi connectivity index (χ3n) is 6.24. The number of benzene rings is 1. The summed E-state index contributed by atoms with van der Waals surface area (Å²) in [6, 6.07) is 9.33. The van der Waals surface area contributed by atoms with Crippen molar-refractivity contribution in [2.24, 2.45) is 0 Å². The summed E-state index contributed by atoms with van der Waals surface area (Å²) in [7, 11) is 1.88. The van der Waals surface area contributed by atoms with Crippen LogP contribution in [0, 0.1) is 0 Å². The van der Waals surface area contributed by atoms with Gasteiger partial charge in [0.15, 0.2) is 0 Å². The van der Waals surface area contributed by atoms with Crippen LogP contribution in [0.2, 0.25) is 0 Å². The van der Waals surface area contributed by atoms with Crippen LogP contribution in [-0.2, 0) is 16.1 Å². The smallest absolute Gasteiger partial charge is 0.302 e. The Hall–Kier alpha value is -3.20. The molecule has 0 aliphatic heterocycles. The van der Waals surface area contributed by atoms with Crippen LogP contribution >= 0.6 is 11.3 Å². The maximum absolute atomic E-state index is 13.2. The average molecular weight is 483 g/mol. The van der Waals surface area contributed by atoms with Gasteiger partial charge in [0.2, 0.25) is 5.95 Å². The Morgan fingerprint density at radius 2 is 2.00 bits per heavy atom. The van der Waals surface area contributed by atoms with E-state index in [4.69, 9.17) is 4.74 Å². The van der Waals surface area contributed by atoms with Gasteiger partial charge in [-0.25, -0.2) is 4.98 Å². The minimum Gasteiger partial charge on any atom is -0.466 e. The first kappa shape index (κ1) is 23.9. The molecule has 0 atom stereocenters. The molecule has 0 radical (unpaired) electrons. The molecule has 2 aromatic heterocycles. The van der Waals surface area contributed by atoms with Crippen LogP contribution in [0.1, 0.15) is 65.5 Å². The number of nitrogens with zero attached hydrogens (tertiary/aromatic N) is 3. The van der Waals surface area contributed by atoms with Gasteiger partial charge in [0.25, 0.3) is 11.8 Å². The van der Waals surface area contributed by atoms with Crippen LogP contribution in [0.25, 0.3) is 11.0 Å². The molecule has 0 saturated heterocycles. The molecule has 1 aliphatic carbocycles. The van der Waals surface area contributed by atoms with Crippen molar-refractivity contribution in [2.45, 2.75) is 58.0 Å². The van der Waals surface area contributed by atoms with E-state index in [-0.39, 0.29) is 30.4 Å². The molecule has 4 rings (SSSR count). The lowest BCUT2D eigenvalue weighted by molar-refractivity contribution is -0.141. The standard InChI is InChI=1S/C25H30N4O4S/c1-17(30)33-14-7-13-29-21-12-11-18(24(32)28(2)19-8-4-3-5-9-19)16-20(21)26-25(29)27-23(31)22-10-6-15-34-22/h6,10-12,15-16,19H,3-5,7-9,13-14H2,1-2H3,(H,26,27,31). The number of imidazole rings is 1. The number of ether oxygens (including phenoxy) is 1. The largest absolute Gasteiger partial charge is 0.466 e. The predicted octanol–water partition coefficient (Wildman–Crippen LogP) is 4.71. The van der Waals surface area contributed by atoms with Crippen LogP contribution in [0.5, 0.6) is 0 Å². The maximum Gasteiger partial charge on any atom is 0.302 e. The molecule has 0 bridgehead atoms. The van der Waals surface area contributed by atoms with E-state index in [1.54, 1.807) is 12.1 Å². The fourth-order valence-corrected chi connectivity index (χ4v) is 5.05. The van der Waals surface area contributed by atoms with Crippen LogP contribution < -0.4 is 5.32 Å². The number of carbonyl (C=O) groups excluding carboxylic acids is 3. The topological polar surface area (TPSA) is 93.5 Å². The van der Waals surface area contributed by atoms with Crippen LogP contribution in [0.4, 0.5) is 5.95 Å². The van der Waals surface area contributed by atoms with Gasteiger partial charge in [-0.1, -0.05) is 25.3 Å². The molecule has 34 heavy (non-hydrogen) atoms. The van der Waals surface area contributed by atoms with Gasteiger partial charge in [0, 0.05) is 32.1 Å². The number of thiophene rings is 1. The number of amides is 2. The molecule has 1 aromatic carbocycles. The van der Waals surface area contributed by atoms with Crippen LogP contribution in [-0.4, -0.2) is 51.9 Å². The zero-order valence-electron chi connectivity index (χ0n) is 19.6. The minimum atomic E-state index is -0.327. The first-order chi connectivity index (χ1) is 16.4. The summed E-state index contributed by atoms with van der Waals surface area (Å²) in [5.74, 6) is -0.171. The molecule has 8 nitrogen and oxygen atoms in total. The average Bonchev–Trinajstić information content (AvgIpc) is 3.49. The second kappa shape index (κ2) is 10.8. The molecular formula is C25H30N4O4S. The van der Waals surface area contributed by atoms with Crippen LogP contribution in [0.15, 0.2) is 35.7 Å². The quantitative estimate of drug-likeness (QED) is 0.371. The maximum atomic E-state index is 13.2. The Balaban J connectivity index is 1.59. The van der Waals surface area contributed by atoms with Crippen molar-refractivity contribution < 1.29 is 19.1 Å². The number of aryl methyl sites for hydroxylation is 1. The molecule has 9 heteroatoms.